The van der Waals surface area contributed by atoms with Gasteiger partial charge in [-0.1, -0.05) is 42.5 Å². The van der Waals surface area contributed by atoms with E-state index >= 15 is 0 Å². The lowest BCUT2D eigenvalue weighted by molar-refractivity contribution is -0.384. The zero-order valence-electron chi connectivity index (χ0n) is 11.1. The summed E-state index contributed by atoms with van der Waals surface area (Å²) in [5.41, 5.74) is 2.16. The molecule has 0 atom stereocenters. The lowest BCUT2D eigenvalue weighted by Gasteiger charge is -1.97. The van der Waals surface area contributed by atoms with E-state index < -0.39 is 4.92 Å². The number of allylic oxidation sites excluding steroid dienone is 3. The van der Waals surface area contributed by atoms with Gasteiger partial charge in [0.25, 0.3) is 5.69 Å². The van der Waals surface area contributed by atoms with Crippen molar-refractivity contribution in [3.8, 4) is 6.07 Å². The summed E-state index contributed by atoms with van der Waals surface area (Å²) in [6, 6.07) is 17.7. The zero-order valence-corrected chi connectivity index (χ0v) is 11.1. The van der Waals surface area contributed by atoms with Crippen LogP contribution in [0.5, 0.6) is 0 Å². The third-order valence-electron chi connectivity index (χ3n) is 2.86. The maximum absolute atomic E-state index is 10.6. The van der Waals surface area contributed by atoms with Gasteiger partial charge in [-0.2, -0.15) is 5.26 Å². The van der Waals surface area contributed by atoms with Gasteiger partial charge in [-0.25, -0.2) is 0 Å². The first kappa shape index (κ1) is 14.2. The van der Waals surface area contributed by atoms with E-state index in [1.165, 1.54) is 12.1 Å². The fraction of sp³-hybridized carbons (Fsp3) is 0. The smallest absolute Gasteiger partial charge is 0.258 e. The molecule has 0 amide bonds. The van der Waals surface area contributed by atoms with Crippen LogP contribution in [-0.4, -0.2) is 4.92 Å². The Kier molecular flexibility index (Phi) is 4.62. The fourth-order valence-corrected chi connectivity index (χ4v) is 1.78. The van der Waals surface area contributed by atoms with Crippen molar-refractivity contribution < 1.29 is 4.92 Å². The van der Waals surface area contributed by atoms with Crippen molar-refractivity contribution in [2.75, 3.05) is 0 Å². The minimum Gasteiger partial charge on any atom is -0.258 e. The summed E-state index contributed by atoms with van der Waals surface area (Å²) in [6.45, 7) is 0. The summed E-state index contributed by atoms with van der Waals surface area (Å²) in [5, 5.41) is 19.8. The largest absolute Gasteiger partial charge is 0.269 e. The monoisotopic (exact) mass is 276 g/mol. The minimum absolute atomic E-state index is 0.0101. The van der Waals surface area contributed by atoms with Crippen LogP contribution in [0.3, 0.4) is 0 Å². The molecule has 0 unspecified atom stereocenters. The number of rotatable bonds is 4. The number of nitro benzene ring substituents is 1. The predicted octanol–water partition coefficient (Wildman–Crippen LogP) is 4.22. The van der Waals surface area contributed by atoms with Crippen LogP contribution in [-0.2, 0) is 0 Å². The maximum atomic E-state index is 10.6. The molecule has 0 N–H and O–H groups in total. The molecule has 21 heavy (non-hydrogen) atoms. The van der Waals surface area contributed by atoms with Crippen LogP contribution in [0.25, 0.3) is 11.6 Å². The Balaban J connectivity index is 2.19. The molecule has 4 heteroatoms. The van der Waals surface area contributed by atoms with Crippen LogP contribution in [0.15, 0.2) is 66.7 Å². The second kappa shape index (κ2) is 6.83. The van der Waals surface area contributed by atoms with E-state index in [-0.39, 0.29) is 5.69 Å². The Labute approximate surface area is 122 Å². The molecule has 0 saturated carbocycles. The Morgan fingerprint density at radius 3 is 2.33 bits per heavy atom. The lowest BCUT2D eigenvalue weighted by Crippen LogP contribution is -1.88. The third-order valence-corrected chi connectivity index (χ3v) is 2.86. The highest BCUT2D eigenvalue weighted by atomic mass is 16.6. The van der Waals surface area contributed by atoms with Crippen LogP contribution in [0.1, 0.15) is 11.1 Å². The van der Waals surface area contributed by atoms with Gasteiger partial charge in [0.05, 0.1) is 16.6 Å². The van der Waals surface area contributed by atoms with Crippen molar-refractivity contribution in [2.24, 2.45) is 0 Å². The van der Waals surface area contributed by atoms with Crippen LogP contribution in [0.2, 0.25) is 0 Å². The van der Waals surface area contributed by atoms with Crippen molar-refractivity contribution in [3.05, 3.63) is 88.0 Å². The average Bonchev–Trinajstić information content (AvgIpc) is 2.53. The number of nitro groups is 1. The summed E-state index contributed by atoms with van der Waals surface area (Å²) in [4.78, 5) is 10.1. The van der Waals surface area contributed by atoms with Crippen molar-refractivity contribution in [1.82, 2.24) is 0 Å². The molecule has 102 valence electrons. The van der Waals surface area contributed by atoms with Crippen LogP contribution in [0, 0.1) is 21.4 Å². The van der Waals surface area contributed by atoms with E-state index in [9.17, 15) is 10.1 Å². The van der Waals surface area contributed by atoms with E-state index in [0.29, 0.717) is 11.1 Å². The van der Waals surface area contributed by atoms with Crippen molar-refractivity contribution >= 4 is 17.3 Å². The van der Waals surface area contributed by atoms with E-state index in [1.54, 1.807) is 24.3 Å². The maximum Gasteiger partial charge on any atom is 0.269 e. The number of non-ortho nitro benzene ring substituents is 1. The van der Waals surface area contributed by atoms with Crippen LogP contribution in [0.4, 0.5) is 5.69 Å². The molecule has 0 aromatic heterocycles. The number of nitriles is 1. The van der Waals surface area contributed by atoms with E-state index in [2.05, 4.69) is 6.07 Å². The van der Waals surface area contributed by atoms with Gasteiger partial charge in [0.1, 0.15) is 0 Å². The second-order valence-electron chi connectivity index (χ2n) is 4.27. The first-order valence-electron chi connectivity index (χ1n) is 6.29. The van der Waals surface area contributed by atoms with Gasteiger partial charge < -0.3 is 0 Å². The quantitative estimate of drug-likeness (QED) is 0.363. The lowest BCUT2D eigenvalue weighted by atomic mass is 10.1. The average molecular weight is 276 g/mol. The van der Waals surface area contributed by atoms with Gasteiger partial charge in [-0.15, -0.1) is 0 Å². The highest BCUT2D eigenvalue weighted by Crippen LogP contribution is 2.18. The minimum atomic E-state index is -0.463. The summed E-state index contributed by atoms with van der Waals surface area (Å²) in [6.07, 6.45) is 5.37. The van der Waals surface area contributed by atoms with E-state index in [1.807, 2.05) is 36.4 Å². The second-order valence-corrected chi connectivity index (χ2v) is 4.27. The highest BCUT2D eigenvalue weighted by Gasteiger charge is 2.05. The molecule has 0 heterocycles. The van der Waals surface area contributed by atoms with Crippen molar-refractivity contribution in [3.63, 3.8) is 0 Å². The molecule has 0 aliphatic heterocycles. The summed E-state index contributed by atoms with van der Waals surface area (Å²) in [5.74, 6) is 0. The van der Waals surface area contributed by atoms with Crippen molar-refractivity contribution in [1.29, 1.82) is 5.26 Å². The van der Waals surface area contributed by atoms with Gasteiger partial charge in [0.2, 0.25) is 0 Å². The molecule has 2 aromatic carbocycles. The zero-order chi connectivity index (χ0) is 15.1. The molecule has 0 aliphatic rings. The van der Waals surface area contributed by atoms with Gasteiger partial charge >= 0.3 is 0 Å². The Hall–Kier alpha value is -3.19. The van der Waals surface area contributed by atoms with E-state index in [4.69, 9.17) is 5.26 Å². The van der Waals surface area contributed by atoms with Crippen LogP contribution < -0.4 is 0 Å². The van der Waals surface area contributed by atoms with Crippen LogP contribution >= 0.6 is 0 Å². The topological polar surface area (TPSA) is 66.9 Å². The Morgan fingerprint density at radius 1 is 1.10 bits per heavy atom. The molecular formula is C17H12N2O2. The molecule has 0 aliphatic carbocycles. The molecule has 0 spiro atoms. The van der Waals surface area contributed by atoms with E-state index in [0.717, 1.165) is 5.56 Å². The summed E-state index contributed by atoms with van der Waals surface area (Å²) < 4.78 is 0. The summed E-state index contributed by atoms with van der Waals surface area (Å²) >= 11 is 0. The molecular weight excluding hydrogens is 264 g/mol. The van der Waals surface area contributed by atoms with Gasteiger partial charge in [-0.3, -0.25) is 10.1 Å². The molecule has 0 fully saturated rings. The highest BCUT2D eigenvalue weighted by molar-refractivity contribution is 5.79. The number of hydrogen-bond acceptors (Lipinski definition) is 3. The molecule has 0 bridgehead atoms. The number of hydrogen-bond donors (Lipinski definition) is 0. The van der Waals surface area contributed by atoms with Gasteiger partial charge in [0.15, 0.2) is 0 Å². The predicted molar refractivity (Wildman–Crippen MR) is 82.2 cm³/mol. The molecule has 4 nitrogen and oxygen atoms in total. The Bertz CT molecular complexity index is 724. The summed E-state index contributed by atoms with van der Waals surface area (Å²) in [7, 11) is 0. The fourth-order valence-electron chi connectivity index (χ4n) is 1.78. The normalized spacial score (nSPS) is 11.3. The van der Waals surface area contributed by atoms with Gasteiger partial charge in [0, 0.05) is 12.1 Å². The molecule has 0 radical (unpaired) electrons. The molecule has 2 rings (SSSR count). The third kappa shape index (κ3) is 3.88. The van der Waals surface area contributed by atoms with Crippen molar-refractivity contribution in [2.45, 2.75) is 0 Å². The number of benzene rings is 2. The number of nitrogens with zero attached hydrogens (tertiary/aromatic N) is 2. The first-order chi connectivity index (χ1) is 10.2. The standard InChI is InChI=1S/C17H12N2O2/c18-13-16(8-4-7-14-5-2-1-3-6-14)15-9-11-17(12-10-15)19(20)21/h1-12H/b7-4-,16-8-. The Morgan fingerprint density at radius 2 is 1.76 bits per heavy atom. The molecule has 0 saturated heterocycles. The molecule has 2 aromatic rings. The first-order valence-corrected chi connectivity index (χ1v) is 6.29. The SMILES string of the molecule is N#C/C(=C/C=C\c1ccccc1)c1ccc([N+](=O)[O-])cc1. The van der Waals surface area contributed by atoms with Gasteiger partial charge in [-0.05, 0) is 29.3 Å².